The Balaban J connectivity index is 2.21. The highest BCUT2D eigenvalue weighted by molar-refractivity contribution is 7.13. The minimum Gasteiger partial charge on any atom is -0.408 e. The maximum Gasteiger partial charge on any atom is 0.417 e. The van der Waals surface area contributed by atoms with Crippen LogP contribution in [0.15, 0.2) is 32.8 Å². The zero-order valence-corrected chi connectivity index (χ0v) is 8.88. The van der Waals surface area contributed by atoms with E-state index in [1.54, 1.807) is 11.4 Å². The highest BCUT2D eigenvalue weighted by Gasteiger charge is 2.06. The number of aromatic nitrogens is 2. The van der Waals surface area contributed by atoms with Gasteiger partial charge in [-0.2, -0.15) is 0 Å². The SMILES string of the molecule is Nc1csc(-c2ccc3oc(=O)[nH]c3c2)n1. The number of nitrogens with one attached hydrogen (secondary N) is 1. The maximum absolute atomic E-state index is 11.0. The summed E-state index contributed by atoms with van der Waals surface area (Å²) in [7, 11) is 0. The lowest BCUT2D eigenvalue weighted by molar-refractivity contribution is 0.555. The van der Waals surface area contributed by atoms with Crippen molar-refractivity contribution < 1.29 is 4.42 Å². The average molecular weight is 233 g/mol. The number of oxazole rings is 1. The number of hydrogen-bond donors (Lipinski definition) is 2. The van der Waals surface area contributed by atoms with Crippen LogP contribution in [0.1, 0.15) is 0 Å². The fourth-order valence-electron chi connectivity index (χ4n) is 1.50. The van der Waals surface area contributed by atoms with Crippen molar-refractivity contribution in [3.63, 3.8) is 0 Å². The number of nitrogens with two attached hydrogens (primary N) is 1. The van der Waals surface area contributed by atoms with E-state index in [0.717, 1.165) is 10.6 Å². The molecule has 0 saturated carbocycles. The molecule has 0 fully saturated rings. The first-order chi connectivity index (χ1) is 7.72. The number of nitrogen functional groups attached to an aromatic ring is 1. The minimum atomic E-state index is -0.453. The number of aromatic amines is 1. The first-order valence-electron chi connectivity index (χ1n) is 4.56. The second-order valence-corrected chi connectivity index (χ2v) is 4.16. The molecule has 2 heterocycles. The Labute approximate surface area is 93.5 Å². The van der Waals surface area contributed by atoms with Crippen LogP contribution in [0.3, 0.4) is 0 Å². The smallest absolute Gasteiger partial charge is 0.408 e. The normalized spacial score (nSPS) is 11.0. The van der Waals surface area contributed by atoms with Crippen molar-refractivity contribution in [2.24, 2.45) is 0 Å². The van der Waals surface area contributed by atoms with E-state index >= 15 is 0 Å². The maximum atomic E-state index is 11.0. The Hall–Kier alpha value is -2.08. The van der Waals surface area contributed by atoms with E-state index in [2.05, 4.69) is 9.97 Å². The van der Waals surface area contributed by atoms with Gasteiger partial charge in [0.05, 0.1) is 5.52 Å². The average Bonchev–Trinajstić information content (AvgIpc) is 2.81. The lowest BCUT2D eigenvalue weighted by atomic mass is 10.2. The zero-order chi connectivity index (χ0) is 11.1. The molecule has 0 atom stereocenters. The van der Waals surface area contributed by atoms with Gasteiger partial charge < -0.3 is 10.2 Å². The lowest BCUT2D eigenvalue weighted by Gasteiger charge is -1.94. The van der Waals surface area contributed by atoms with Gasteiger partial charge in [-0.3, -0.25) is 4.98 Å². The number of anilines is 1. The third-order valence-electron chi connectivity index (χ3n) is 2.19. The van der Waals surface area contributed by atoms with Crippen molar-refractivity contribution in [2.75, 3.05) is 5.73 Å². The highest BCUT2D eigenvalue weighted by Crippen LogP contribution is 2.26. The zero-order valence-electron chi connectivity index (χ0n) is 8.06. The van der Waals surface area contributed by atoms with Gasteiger partial charge in [0.15, 0.2) is 5.58 Å². The summed E-state index contributed by atoms with van der Waals surface area (Å²) in [6, 6.07) is 5.40. The molecule has 3 aromatic rings. The summed E-state index contributed by atoms with van der Waals surface area (Å²) in [4.78, 5) is 17.8. The molecular formula is C10H7N3O2S. The molecule has 16 heavy (non-hydrogen) atoms. The number of nitrogens with zero attached hydrogens (tertiary/aromatic N) is 1. The molecule has 5 nitrogen and oxygen atoms in total. The van der Waals surface area contributed by atoms with Gasteiger partial charge in [0, 0.05) is 10.9 Å². The van der Waals surface area contributed by atoms with Crippen molar-refractivity contribution in [1.29, 1.82) is 0 Å². The highest BCUT2D eigenvalue weighted by atomic mass is 32.1. The molecule has 0 aliphatic heterocycles. The number of fused-ring (bicyclic) bond motifs is 1. The number of hydrogen-bond acceptors (Lipinski definition) is 5. The van der Waals surface area contributed by atoms with Crippen LogP contribution in [-0.2, 0) is 0 Å². The van der Waals surface area contributed by atoms with E-state index in [9.17, 15) is 4.79 Å². The lowest BCUT2D eigenvalue weighted by Crippen LogP contribution is -1.92. The molecular weight excluding hydrogens is 226 g/mol. The summed E-state index contributed by atoms with van der Waals surface area (Å²) in [5.74, 6) is 0.0478. The predicted molar refractivity (Wildman–Crippen MR) is 62.4 cm³/mol. The van der Waals surface area contributed by atoms with Crippen LogP contribution < -0.4 is 11.5 Å². The number of benzene rings is 1. The molecule has 0 spiro atoms. The molecule has 0 unspecified atom stereocenters. The Kier molecular flexibility index (Phi) is 1.84. The van der Waals surface area contributed by atoms with Gasteiger partial charge in [0.25, 0.3) is 0 Å². The number of thiazole rings is 1. The molecule has 3 rings (SSSR count). The number of H-pyrrole nitrogens is 1. The third-order valence-corrected chi connectivity index (χ3v) is 3.10. The first-order valence-corrected chi connectivity index (χ1v) is 5.44. The van der Waals surface area contributed by atoms with Gasteiger partial charge in [-0.25, -0.2) is 9.78 Å². The Bertz CT molecular complexity index is 710. The van der Waals surface area contributed by atoms with Gasteiger partial charge in [-0.15, -0.1) is 11.3 Å². The summed E-state index contributed by atoms with van der Waals surface area (Å²) >= 11 is 1.46. The largest absolute Gasteiger partial charge is 0.417 e. The van der Waals surface area contributed by atoms with Crippen molar-refractivity contribution in [1.82, 2.24) is 9.97 Å². The molecule has 0 bridgehead atoms. The molecule has 6 heteroatoms. The van der Waals surface area contributed by atoms with Crippen molar-refractivity contribution in [2.45, 2.75) is 0 Å². The molecule has 80 valence electrons. The Morgan fingerprint density at radius 2 is 2.31 bits per heavy atom. The predicted octanol–water partition coefficient (Wildman–Crippen LogP) is 1.83. The topological polar surface area (TPSA) is 84.9 Å². The minimum absolute atomic E-state index is 0.453. The van der Waals surface area contributed by atoms with E-state index in [0.29, 0.717) is 16.9 Å². The van der Waals surface area contributed by atoms with E-state index in [-0.39, 0.29) is 0 Å². The van der Waals surface area contributed by atoms with Crippen LogP contribution in [-0.4, -0.2) is 9.97 Å². The monoisotopic (exact) mass is 233 g/mol. The van der Waals surface area contributed by atoms with Crippen molar-refractivity contribution >= 4 is 28.3 Å². The summed E-state index contributed by atoms with van der Waals surface area (Å²) in [5.41, 5.74) is 7.67. The van der Waals surface area contributed by atoms with Crippen molar-refractivity contribution in [3.8, 4) is 10.6 Å². The van der Waals surface area contributed by atoms with Gasteiger partial charge in [0.2, 0.25) is 0 Å². The summed E-state index contributed by atoms with van der Waals surface area (Å²) in [5, 5.41) is 2.60. The van der Waals surface area contributed by atoms with Gasteiger partial charge in [-0.05, 0) is 18.2 Å². The fourth-order valence-corrected chi connectivity index (χ4v) is 2.21. The standard InChI is InChI=1S/C10H7N3O2S/c11-8-4-16-9(13-8)5-1-2-7-6(3-5)12-10(14)15-7/h1-4H,11H2,(H,12,14). The van der Waals surface area contributed by atoms with Crippen LogP contribution in [0.2, 0.25) is 0 Å². The molecule has 0 aliphatic carbocycles. The van der Waals surface area contributed by atoms with E-state index in [4.69, 9.17) is 10.2 Å². The third kappa shape index (κ3) is 1.40. The Morgan fingerprint density at radius 3 is 3.06 bits per heavy atom. The summed E-state index contributed by atoms with van der Waals surface area (Å²) < 4.78 is 4.91. The van der Waals surface area contributed by atoms with Gasteiger partial charge >= 0.3 is 5.76 Å². The molecule has 0 aliphatic rings. The molecule has 3 N–H and O–H groups in total. The second-order valence-electron chi connectivity index (χ2n) is 3.30. The van der Waals surface area contributed by atoms with Gasteiger partial charge in [0.1, 0.15) is 10.8 Å². The molecule has 0 amide bonds. The molecule has 0 saturated heterocycles. The van der Waals surface area contributed by atoms with E-state index < -0.39 is 5.76 Å². The van der Waals surface area contributed by atoms with Crippen LogP contribution >= 0.6 is 11.3 Å². The van der Waals surface area contributed by atoms with Gasteiger partial charge in [-0.1, -0.05) is 0 Å². The molecule has 1 aromatic carbocycles. The van der Waals surface area contributed by atoms with E-state index in [1.165, 1.54) is 11.3 Å². The van der Waals surface area contributed by atoms with Crippen molar-refractivity contribution in [3.05, 3.63) is 34.1 Å². The van der Waals surface area contributed by atoms with Crippen LogP contribution in [0.25, 0.3) is 21.7 Å². The second kappa shape index (κ2) is 3.21. The quantitative estimate of drug-likeness (QED) is 0.671. The summed E-state index contributed by atoms with van der Waals surface area (Å²) in [6.07, 6.45) is 0. The van der Waals surface area contributed by atoms with Crippen LogP contribution in [0, 0.1) is 0 Å². The first kappa shape index (κ1) is 9.17. The molecule has 0 radical (unpaired) electrons. The summed E-state index contributed by atoms with van der Waals surface area (Å²) in [6.45, 7) is 0. The Morgan fingerprint density at radius 1 is 1.44 bits per heavy atom. The fraction of sp³-hybridized carbons (Fsp3) is 0. The molecule has 2 aromatic heterocycles. The van der Waals surface area contributed by atoms with Crippen LogP contribution in [0.4, 0.5) is 5.82 Å². The van der Waals surface area contributed by atoms with Crippen LogP contribution in [0.5, 0.6) is 0 Å². The van der Waals surface area contributed by atoms with E-state index in [1.807, 2.05) is 12.1 Å². The number of rotatable bonds is 1.